The highest BCUT2D eigenvalue weighted by Gasteiger charge is 2.09. The van der Waals surface area contributed by atoms with Gasteiger partial charge < -0.3 is 16.4 Å². The summed E-state index contributed by atoms with van der Waals surface area (Å²) in [6.45, 7) is 0.448. The largest absolute Gasteiger partial charge is 0.389 e. The number of rotatable bonds is 4. The summed E-state index contributed by atoms with van der Waals surface area (Å²) < 4.78 is 0.834. The molecule has 108 valence electrons. The summed E-state index contributed by atoms with van der Waals surface area (Å²) >= 11 is 8.33. The Morgan fingerprint density at radius 2 is 1.90 bits per heavy atom. The number of hydrogen-bond acceptors (Lipinski definition) is 2. The van der Waals surface area contributed by atoms with Crippen LogP contribution in [0.3, 0.4) is 0 Å². The van der Waals surface area contributed by atoms with Crippen LogP contribution in [0.5, 0.6) is 0 Å². The molecule has 0 saturated heterocycles. The van der Waals surface area contributed by atoms with E-state index < -0.39 is 0 Å². The molecule has 6 heteroatoms. The van der Waals surface area contributed by atoms with Crippen LogP contribution in [0.4, 0.5) is 10.5 Å². The maximum Gasteiger partial charge on any atom is 0.319 e. The van der Waals surface area contributed by atoms with Crippen molar-refractivity contribution in [2.24, 2.45) is 5.73 Å². The van der Waals surface area contributed by atoms with E-state index in [1.165, 1.54) is 0 Å². The number of hydrogen-bond donors (Lipinski definition) is 3. The van der Waals surface area contributed by atoms with Crippen LogP contribution in [0, 0.1) is 0 Å². The van der Waals surface area contributed by atoms with Gasteiger partial charge in [-0.05, 0) is 23.8 Å². The molecule has 0 aliphatic carbocycles. The summed E-state index contributed by atoms with van der Waals surface area (Å²) in [5, 5.41) is 5.54. The molecule has 2 aromatic carbocycles. The first-order chi connectivity index (χ1) is 10.1. The number of thiocarbonyl (C=S) groups is 1. The Morgan fingerprint density at radius 3 is 2.57 bits per heavy atom. The predicted molar refractivity (Wildman–Crippen MR) is 92.3 cm³/mol. The highest BCUT2D eigenvalue weighted by Crippen LogP contribution is 2.21. The summed E-state index contributed by atoms with van der Waals surface area (Å²) in [7, 11) is 0. The quantitative estimate of drug-likeness (QED) is 0.729. The molecule has 2 aromatic rings. The number of carbonyl (C=O) groups is 1. The van der Waals surface area contributed by atoms with Crippen molar-refractivity contribution in [1.29, 1.82) is 0 Å². The molecule has 0 spiro atoms. The Morgan fingerprint density at radius 1 is 1.19 bits per heavy atom. The fourth-order valence-electron chi connectivity index (χ4n) is 1.78. The Labute approximate surface area is 136 Å². The summed E-state index contributed by atoms with van der Waals surface area (Å²) in [5.41, 5.74) is 7.87. The minimum atomic E-state index is -0.311. The number of carbonyl (C=O) groups excluding carboxylic acids is 1. The lowest BCUT2D eigenvalue weighted by Gasteiger charge is -2.12. The lowest BCUT2D eigenvalue weighted by atomic mass is 10.2. The lowest BCUT2D eigenvalue weighted by molar-refractivity contribution is 0.251. The highest BCUT2D eigenvalue weighted by atomic mass is 79.9. The number of urea groups is 1. The van der Waals surface area contributed by atoms with Crippen molar-refractivity contribution in [2.75, 3.05) is 5.32 Å². The zero-order valence-corrected chi connectivity index (χ0v) is 13.5. The number of nitrogens with two attached hydrogens (primary N) is 1. The Balaban J connectivity index is 2.02. The molecule has 4 N–H and O–H groups in total. The van der Waals surface area contributed by atoms with Crippen LogP contribution in [0.15, 0.2) is 53.0 Å². The summed E-state index contributed by atoms with van der Waals surface area (Å²) in [5.74, 6) is 0. The molecule has 2 amide bonds. The number of nitrogens with one attached hydrogen (secondary N) is 2. The minimum absolute atomic E-state index is 0.237. The third-order valence-electron chi connectivity index (χ3n) is 2.79. The number of benzene rings is 2. The Bertz CT molecular complexity index is 661. The molecule has 0 fully saturated rings. The molecule has 0 aliphatic rings. The fraction of sp³-hybridized carbons (Fsp3) is 0.0667. The van der Waals surface area contributed by atoms with Gasteiger partial charge in [0, 0.05) is 16.6 Å². The van der Waals surface area contributed by atoms with Crippen LogP contribution >= 0.6 is 28.1 Å². The van der Waals surface area contributed by atoms with E-state index in [1.54, 1.807) is 12.1 Å². The number of anilines is 1. The topological polar surface area (TPSA) is 67.1 Å². The zero-order valence-electron chi connectivity index (χ0n) is 11.1. The lowest BCUT2D eigenvalue weighted by Crippen LogP contribution is -2.29. The molecule has 0 heterocycles. The van der Waals surface area contributed by atoms with Gasteiger partial charge in [-0.3, -0.25) is 0 Å². The Hall–Kier alpha value is -1.92. The van der Waals surface area contributed by atoms with Crippen molar-refractivity contribution in [2.45, 2.75) is 6.54 Å². The van der Waals surface area contributed by atoms with E-state index in [0.29, 0.717) is 17.8 Å². The van der Waals surface area contributed by atoms with Crippen LogP contribution in [-0.4, -0.2) is 11.0 Å². The second-order valence-corrected chi connectivity index (χ2v) is 5.70. The van der Waals surface area contributed by atoms with Crippen molar-refractivity contribution in [3.05, 3.63) is 64.1 Å². The van der Waals surface area contributed by atoms with Crippen LogP contribution < -0.4 is 16.4 Å². The standard InChI is InChI=1S/C15H14BrN3OS/c16-11-6-7-12(14(17)21)13(8-11)19-15(20)18-9-10-4-2-1-3-5-10/h1-8H,9H2,(H2,17,21)(H2,18,19,20). The second-order valence-electron chi connectivity index (χ2n) is 4.35. The minimum Gasteiger partial charge on any atom is -0.389 e. The van der Waals surface area contributed by atoms with E-state index in [1.807, 2.05) is 36.4 Å². The monoisotopic (exact) mass is 363 g/mol. The van der Waals surface area contributed by atoms with E-state index in [2.05, 4.69) is 26.6 Å². The first kappa shape index (κ1) is 15.5. The van der Waals surface area contributed by atoms with Crippen molar-refractivity contribution in [3.63, 3.8) is 0 Å². The van der Waals surface area contributed by atoms with E-state index in [0.717, 1.165) is 10.0 Å². The van der Waals surface area contributed by atoms with Crippen LogP contribution in [0.2, 0.25) is 0 Å². The van der Waals surface area contributed by atoms with Crippen LogP contribution in [0.1, 0.15) is 11.1 Å². The average molecular weight is 364 g/mol. The first-order valence-electron chi connectivity index (χ1n) is 6.24. The van der Waals surface area contributed by atoms with Gasteiger partial charge in [-0.25, -0.2) is 4.79 Å². The smallest absolute Gasteiger partial charge is 0.319 e. The van der Waals surface area contributed by atoms with E-state index in [9.17, 15) is 4.79 Å². The average Bonchev–Trinajstić information content (AvgIpc) is 2.46. The molecular formula is C15H14BrN3OS. The SMILES string of the molecule is NC(=S)c1ccc(Br)cc1NC(=O)NCc1ccccc1. The molecule has 2 rings (SSSR count). The third-order valence-corrected chi connectivity index (χ3v) is 3.50. The summed E-state index contributed by atoms with van der Waals surface area (Å²) in [6.07, 6.45) is 0. The van der Waals surface area contributed by atoms with Gasteiger partial charge in [-0.15, -0.1) is 0 Å². The predicted octanol–water partition coefficient (Wildman–Crippen LogP) is 3.41. The van der Waals surface area contributed by atoms with Gasteiger partial charge in [0.15, 0.2) is 0 Å². The third kappa shape index (κ3) is 4.54. The van der Waals surface area contributed by atoms with Crippen molar-refractivity contribution < 1.29 is 4.79 Å². The maximum absolute atomic E-state index is 12.0. The Kier molecular flexibility index (Phi) is 5.30. The number of halogens is 1. The molecular weight excluding hydrogens is 350 g/mol. The zero-order chi connectivity index (χ0) is 15.2. The van der Waals surface area contributed by atoms with E-state index >= 15 is 0 Å². The van der Waals surface area contributed by atoms with Gasteiger partial charge in [-0.1, -0.05) is 58.5 Å². The van der Waals surface area contributed by atoms with Gasteiger partial charge in [0.2, 0.25) is 0 Å². The molecule has 4 nitrogen and oxygen atoms in total. The molecule has 0 bridgehead atoms. The molecule has 0 radical (unpaired) electrons. The van der Waals surface area contributed by atoms with E-state index in [4.69, 9.17) is 18.0 Å². The molecule has 0 atom stereocenters. The molecule has 0 aliphatic heterocycles. The number of amides is 2. The van der Waals surface area contributed by atoms with Crippen molar-refractivity contribution >= 4 is 44.9 Å². The van der Waals surface area contributed by atoms with E-state index in [-0.39, 0.29) is 11.0 Å². The second kappa shape index (κ2) is 7.19. The van der Waals surface area contributed by atoms with Gasteiger partial charge in [0.25, 0.3) is 0 Å². The van der Waals surface area contributed by atoms with Gasteiger partial charge in [0.1, 0.15) is 4.99 Å². The van der Waals surface area contributed by atoms with Crippen LogP contribution in [-0.2, 0) is 6.54 Å². The van der Waals surface area contributed by atoms with Gasteiger partial charge in [-0.2, -0.15) is 0 Å². The first-order valence-corrected chi connectivity index (χ1v) is 7.44. The fourth-order valence-corrected chi connectivity index (χ4v) is 2.32. The van der Waals surface area contributed by atoms with Gasteiger partial charge >= 0.3 is 6.03 Å². The highest BCUT2D eigenvalue weighted by molar-refractivity contribution is 9.10. The maximum atomic E-state index is 12.0. The molecule has 0 unspecified atom stereocenters. The molecule has 21 heavy (non-hydrogen) atoms. The molecule has 0 aromatic heterocycles. The summed E-state index contributed by atoms with van der Waals surface area (Å²) in [4.78, 5) is 12.2. The summed E-state index contributed by atoms with van der Waals surface area (Å²) in [6, 6.07) is 14.7. The van der Waals surface area contributed by atoms with Gasteiger partial charge in [0.05, 0.1) is 5.69 Å². The normalized spacial score (nSPS) is 9.95. The van der Waals surface area contributed by atoms with Crippen LogP contribution in [0.25, 0.3) is 0 Å². The van der Waals surface area contributed by atoms with Crippen molar-refractivity contribution in [1.82, 2.24) is 5.32 Å². The van der Waals surface area contributed by atoms with Crippen molar-refractivity contribution in [3.8, 4) is 0 Å². The molecule has 0 saturated carbocycles.